The molecule has 0 atom stereocenters. The SMILES string of the molecule is O.O.O.O.O.O.O.O.O.O.O.O.O.O.O.O.O.O.O.O.O.[Mo].[Mo].[Mo].[Mo].[Mo].[Mo].[Mo].[Mo].[OH3+].[OH3+].[OH3+].[OH3+].[OH3+].[OH3+].[OH3+]. The van der Waals surface area contributed by atoms with Gasteiger partial charge in [-0.1, -0.05) is 0 Å². The molecule has 0 aromatic carbocycles. The van der Waals surface area contributed by atoms with Gasteiger partial charge in [-0.15, -0.1) is 0 Å². The Morgan fingerprint density at radius 1 is 0.0833 bits per heavy atom. The minimum absolute atomic E-state index is 0. The molecule has 36 heavy (non-hydrogen) atoms. The average Bonchev–Trinajstić information content (AvgIpc) is 0. The second kappa shape index (κ2) is 3020. The van der Waals surface area contributed by atoms with E-state index in [1.54, 1.807) is 0 Å². The monoisotopic (exact) mass is 1290 g/mol. The molecule has 36 heteroatoms. The summed E-state index contributed by atoms with van der Waals surface area (Å²) >= 11 is 0. The van der Waals surface area contributed by atoms with E-state index in [0.717, 1.165) is 0 Å². The van der Waals surface area contributed by atoms with Crippen molar-refractivity contribution in [2.75, 3.05) is 0 Å². The van der Waals surface area contributed by atoms with Crippen LogP contribution in [0.15, 0.2) is 0 Å². The van der Waals surface area contributed by atoms with E-state index in [4.69, 9.17) is 0 Å². The average molecular weight is 1280 g/mol. The van der Waals surface area contributed by atoms with Crippen LogP contribution in [0.3, 0.4) is 0 Å². The summed E-state index contributed by atoms with van der Waals surface area (Å²) in [5.74, 6) is 0. The molecule has 0 aliphatic carbocycles. The summed E-state index contributed by atoms with van der Waals surface area (Å²) in [5.41, 5.74) is 0. The molecule has 0 saturated carbocycles. The Morgan fingerprint density at radius 3 is 0.0833 bits per heavy atom. The first-order valence-corrected chi connectivity index (χ1v) is 0. The fourth-order valence-corrected chi connectivity index (χ4v) is 0. The molecule has 0 amide bonds. The van der Waals surface area contributed by atoms with Crippen molar-refractivity contribution in [1.29, 1.82) is 0 Å². The molecule has 28 nitrogen and oxygen atoms in total. The van der Waals surface area contributed by atoms with Gasteiger partial charge < -0.3 is 153 Å². The largest absolute Gasteiger partial charge is 0.457 e. The standard InChI is InChI=1S/8Mo.28H2O/h;;;;;;;;28*1H2/p+7. The van der Waals surface area contributed by atoms with Gasteiger partial charge in [-0.3, -0.25) is 0 Å². The van der Waals surface area contributed by atoms with Crippen molar-refractivity contribution in [1.82, 2.24) is 0 Å². The normalized spacial score (nSPS) is 0. The molecular weight excluding hydrogens is 1220 g/mol. The zero-order chi connectivity index (χ0) is 0. The molecule has 0 fully saturated rings. The number of hydrogen-bond acceptors (Lipinski definition) is 0. The van der Waals surface area contributed by atoms with Crippen LogP contribution in [0.2, 0.25) is 0 Å². The van der Waals surface area contributed by atoms with E-state index in [0.29, 0.717) is 0 Å². The zero-order valence-electron chi connectivity index (χ0n) is 17.8. The van der Waals surface area contributed by atoms with Gasteiger partial charge in [0, 0.05) is 169 Å². The van der Waals surface area contributed by atoms with Gasteiger partial charge in [0.05, 0.1) is 0 Å². The molecule has 0 heterocycles. The van der Waals surface area contributed by atoms with Gasteiger partial charge in [0.25, 0.3) is 0 Å². The van der Waals surface area contributed by atoms with Crippen LogP contribution in [0.25, 0.3) is 0 Å². The third-order valence-electron chi connectivity index (χ3n) is 0. The maximum Gasteiger partial charge on any atom is 0 e. The van der Waals surface area contributed by atoms with Crippen LogP contribution in [-0.2, 0) is 207 Å². The van der Waals surface area contributed by atoms with Crippen LogP contribution in [0.1, 0.15) is 0 Å². The first-order chi connectivity index (χ1) is 0. The minimum Gasteiger partial charge on any atom is -0.457 e. The molecule has 0 aliphatic rings. The molecule has 0 spiro atoms. The van der Waals surface area contributed by atoms with Gasteiger partial charge in [-0.25, -0.2) is 0 Å². The van der Waals surface area contributed by atoms with Crippen molar-refractivity contribution >= 4 is 0 Å². The quantitative estimate of drug-likeness (QED) is 0.161. The first kappa shape index (κ1) is 3260. The zero-order valence-corrected chi connectivity index (χ0v) is 33.9. The van der Waals surface area contributed by atoms with E-state index in [1.807, 2.05) is 0 Å². The Kier molecular flexibility index (Phi) is 273000. The third-order valence-corrected chi connectivity index (χ3v) is 0. The van der Waals surface area contributed by atoms with Crippen LogP contribution in [0.5, 0.6) is 0 Å². The second-order valence-electron chi connectivity index (χ2n) is 0. The Balaban J connectivity index is 0. The summed E-state index contributed by atoms with van der Waals surface area (Å²) in [5, 5.41) is 0. The van der Waals surface area contributed by atoms with Crippen LogP contribution in [-0.4, -0.2) is 115 Å². The van der Waals surface area contributed by atoms with E-state index < -0.39 is 0 Å². The molecule has 0 unspecified atom stereocenters. The summed E-state index contributed by atoms with van der Waals surface area (Å²) in [6.45, 7) is 0. The van der Waals surface area contributed by atoms with E-state index in [-0.39, 0.29) is 322 Å². The van der Waals surface area contributed by atoms with E-state index in [2.05, 4.69) is 0 Å². The van der Waals surface area contributed by atoms with Crippen molar-refractivity contribution in [3.63, 3.8) is 0 Å². The van der Waals surface area contributed by atoms with Crippen LogP contribution in [0, 0.1) is 0 Å². The van der Waals surface area contributed by atoms with Crippen LogP contribution >= 0.6 is 0 Å². The molecule has 0 aromatic rings. The molecule has 0 rings (SSSR count). The predicted molar refractivity (Wildman–Crippen MR) is 110 cm³/mol. The summed E-state index contributed by atoms with van der Waals surface area (Å²) in [7, 11) is 0. The third kappa shape index (κ3) is 2790. The predicted octanol–water partition coefficient (Wildman–Crippen LogP) is -23.8. The van der Waals surface area contributed by atoms with Crippen molar-refractivity contribution in [2.24, 2.45) is 0 Å². The Morgan fingerprint density at radius 2 is 0.0833 bits per heavy atom. The maximum atomic E-state index is 0. The minimum atomic E-state index is 0. The van der Waals surface area contributed by atoms with Crippen molar-refractivity contribution in [3.05, 3.63) is 0 Å². The smallest absolute Gasteiger partial charge is 0 e. The summed E-state index contributed by atoms with van der Waals surface area (Å²) in [4.78, 5) is 0. The van der Waals surface area contributed by atoms with Gasteiger partial charge in [0.15, 0.2) is 0 Å². The molecule has 0 bridgehead atoms. The maximum absolute atomic E-state index is 0. The van der Waals surface area contributed by atoms with Crippen molar-refractivity contribution in [3.8, 4) is 0 Å². The summed E-state index contributed by atoms with van der Waals surface area (Å²) in [6, 6.07) is 0. The van der Waals surface area contributed by atoms with Crippen LogP contribution in [0.4, 0.5) is 0 Å². The summed E-state index contributed by atoms with van der Waals surface area (Å²) < 4.78 is 0. The van der Waals surface area contributed by atoms with Crippen LogP contribution < -0.4 is 0 Å². The van der Waals surface area contributed by atoms with Gasteiger partial charge in [0.2, 0.25) is 0 Å². The van der Waals surface area contributed by atoms with Gasteiger partial charge in [-0.2, -0.15) is 0 Å². The molecule has 0 radical (unpaired) electrons. The second-order valence-corrected chi connectivity index (χ2v) is 0. The van der Waals surface area contributed by atoms with E-state index in [1.165, 1.54) is 0 Å². The van der Waals surface area contributed by atoms with E-state index in [9.17, 15) is 0 Å². The summed E-state index contributed by atoms with van der Waals surface area (Å²) in [6.07, 6.45) is 0. The van der Waals surface area contributed by atoms with Gasteiger partial charge in [-0.05, 0) is 0 Å². The fraction of sp³-hybridized carbons (Fsp3) is 0. The molecule has 0 aliphatic heterocycles. The van der Waals surface area contributed by atoms with E-state index >= 15 is 0 Å². The van der Waals surface area contributed by atoms with Gasteiger partial charge in [0.1, 0.15) is 0 Å². The van der Waals surface area contributed by atoms with Crippen molar-refractivity contribution in [2.45, 2.75) is 0 Å². The Labute approximate surface area is 318 Å². The first-order valence-electron chi connectivity index (χ1n) is 0. The molecule has 63 N–H and O–H groups in total. The number of rotatable bonds is 0. The molecule has 272 valence electrons. The molecule has 0 aromatic heterocycles. The molecular formula is H63Mo8O28+7. The Bertz CT molecular complexity index is 27.5. The topological polar surface area (TPSA) is 892 Å². The number of hydrogen-bond donors (Lipinski definition) is 0. The van der Waals surface area contributed by atoms with Gasteiger partial charge >= 0.3 is 0 Å². The van der Waals surface area contributed by atoms with Crippen molar-refractivity contribution < 1.29 is 322 Å². The Hall–Kier alpha value is 4.39. The molecule has 0 saturated heterocycles. The fourth-order valence-electron chi connectivity index (χ4n) is 0.